The van der Waals surface area contributed by atoms with Gasteiger partial charge in [-0.2, -0.15) is 5.26 Å². The fraction of sp³-hybridized carbons (Fsp3) is 0.417. The van der Waals surface area contributed by atoms with Gasteiger partial charge in [0, 0.05) is 18.4 Å². The number of hydrogen-bond donors (Lipinski definition) is 1. The van der Waals surface area contributed by atoms with Crippen LogP contribution in [0.2, 0.25) is 0 Å². The molecule has 1 aromatic carbocycles. The molecule has 0 radical (unpaired) electrons. The second-order valence-electron chi connectivity index (χ2n) is 8.00. The molecule has 2 atom stereocenters. The van der Waals surface area contributed by atoms with Crippen LogP contribution in [0.1, 0.15) is 35.6 Å². The lowest BCUT2D eigenvalue weighted by molar-refractivity contribution is 0.0955. The molecule has 0 bridgehead atoms. The van der Waals surface area contributed by atoms with Gasteiger partial charge in [0.1, 0.15) is 17.4 Å². The Morgan fingerprint density at radius 3 is 2.42 bits per heavy atom. The van der Waals surface area contributed by atoms with Crippen molar-refractivity contribution < 1.29 is 23.7 Å². The number of nitriles is 1. The molecule has 2 aromatic rings. The molecule has 4 rings (SSSR count). The van der Waals surface area contributed by atoms with E-state index in [9.17, 15) is 10.1 Å². The number of allylic oxidation sites excluding steroid dienone is 1. The molecule has 174 valence electrons. The summed E-state index contributed by atoms with van der Waals surface area (Å²) in [6.07, 6.45) is 1.84. The fourth-order valence-corrected chi connectivity index (χ4v) is 4.51. The molecule has 0 aliphatic carbocycles. The number of hydrogen-bond acceptors (Lipinski definition) is 8. The molecule has 1 saturated heterocycles. The highest BCUT2D eigenvalue weighted by Crippen LogP contribution is 2.46. The van der Waals surface area contributed by atoms with Crippen molar-refractivity contribution in [3.8, 4) is 29.1 Å². The van der Waals surface area contributed by atoms with Crippen molar-refractivity contribution >= 4 is 0 Å². The van der Waals surface area contributed by atoms with E-state index in [1.54, 1.807) is 22.8 Å². The van der Waals surface area contributed by atoms with Crippen molar-refractivity contribution in [2.45, 2.75) is 38.3 Å². The Hall–Kier alpha value is -3.64. The number of ether oxygens (including phenoxy) is 5. The van der Waals surface area contributed by atoms with Gasteiger partial charge >= 0.3 is 0 Å². The normalized spacial score (nSPS) is 19.5. The SMILES string of the molecule is COc1cc([C@H]2C(C#N)=C(N)Oc3cc(C)n(C[C@@H]4CCCO4)c(=O)c32)cc(OC)c1OC. The van der Waals surface area contributed by atoms with Crippen LogP contribution in [0.15, 0.2) is 34.4 Å². The second kappa shape index (κ2) is 9.08. The van der Waals surface area contributed by atoms with E-state index in [2.05, 4.69) is 6.07 Å². The van der Waals surface area contributed by atoms with Crippen molar-refractivity contribution in [2.75, 3.05) is 27.9 Å². The molecule has 33 heavy (non-hydrogen) atoms. The Labute approximate surface area is 191 Å². The molecular formula is C24H27N3O6. The van der Waals surface area contributed by atoms with Gasteiger partial charge in [0.2, 0.25) is 11.6 Å². The number of methoxy groups -OCH3 is 3. The Morgan fingerprint density at radius 2 is 1.88 bits per heavy atom. The minimum absolute atomic E-state index is 0.0281. The van der Waals surface area contributed by atoms with Crippen LogP contribution in [0, 0.1) is 18.3 Å². The summed E-state index contributed by atoms with van der Waals surface area (Å²) in [6.45, 7) is 2.97. The van der Waals surface area contributed by atoms with Gasteiger partial charge in [0.05, 0.1) is 45.5 Å². The van der Waals surface area contributed by atoms with E-state index in [4.69, 9.17) is 29.4 Å². The Morgan fingerprint density at radius 1 is 1.18 bits per heavy atom. The number of pyridine rings is 1. The highest BCUT2D eigenvalue weighted by molar-refractivity contribution is 5.61. The maximum absolute atomic E-state index is 13.8. The Kier molecular flexibility index (Phi) is 6.20. The van der Waals surface area contributed by atoms with E-state index in [1.807, 2.05) is 6.92 Å². The number of rotatable bonds is 6. The number of fused-ring (bicyclic) bond motifs is 1. The fourth-order valence-electron chi connectivity index (χ4n) is 4.51. The summed E-state index contributed by atoms with van der Waals surface area (Å²) in [5, 5.41) is 9.93. The maximum Gasteiger partial charge on any atom is 0.258 e. The summed E-state index contributed by atoms with van der Waals surface area (Å²) in [7, 11) is 4.52. The van der Waals surface area contributed by atoms with Gasteiger partial charge in [-0.3, -0.25) is 4.79 Å². The van der Waals surface area contributed by atoms with Gasteiger partial charge in [-0.05, 0) is 37.5 Å². The largest absolute Gasteiger partial charge is 0.493 e. The zero-order chi connectivity index (χ0) is 23.7. The maximum atomic E-state index is 13.8. The molecule has 1 fully saturated rings. The van der Waals surface area contributed by atoms with Crippen molar-refractivity contribution in [1.29, 1.82) is 5.26 Å². The van der Waals surface area contributed by atoms with Crippen LogP contribution in [0.4, 0.5) is 0 Å². The second-order valence-corrected chi connectivity index (χ2v) is 8.00. The number of benzene rings is 1. The van der Waals surface area contributed by atoms with Crippen molar-refractivity contribution in [3.05, 3.63) is 56.8 Å². The van der Waals surface area contributed by atoms with Crippen LogP contribution in [0.3, 0.4) is 0 Å². The third-order valence-electron chi connectivity index (χ3n) is 6.12. The summed E-state index contributed by atoms with van der Waals surface area (Å²) in [4.78, 5) is 13.8. The molecule has 3 heterocycles. The molecule has 9 nitrogen and oxygen atoms in total. The van der Waals surface area contributed by atoms with Crippen LogP contribution in [-0.2, 0) is 11.3 Å². The molecule has 2 N–H and O–H groups in total. The monoisotopic (exact) mass is 453 g/mol. The van der Waals surface area contributed by atoms with Crippen molar-refractivity contribution in [3.63, 3.8) is 0 Å². The van der Waals surface area contributed by atoms with Gasteiger partial charge in [-0.15, -0.1) is 0 Å². The summed E-state index contributed by atoms with van der Waals surface area (Å²) in [5.74, 6) is 0.739. The number of nitrogens with zero attached hydrogens (tertiary/aromatic N) is 2. The number of aromatic nitrogens is 1. The summed E-state index contributed by atoms with van der Waals surface area (Å²) < 4.78 is 29.6. The van der Waals surface area contributed by atoms with E-state index in [0.29, 0.717) is 47.3 Å². The topological polar surface area (TPSA) is 118 Å². The van der Waals surface area contributed by atoms with E-state index in [0.717, 1.165) is 18.5 Å². The average molecular weight is 453 g/mol. The first-order valence-electron chi connectivity index (χ1n) is 10.7. The first-order valence-corrected chi connectivity index (χ1v) is 10.7. The summed E-state index contributed by atoms with van der Waals surface area (Å²) in [5.41, 5.74) is 7.66. The van der Waals surface area contributed by atoms with Crippen LogP contribution >= 0.6 is 0 Å². The molecule has 0 spiro atoms. The van der Waals surface area contributed by atoms with Gasteiger partial charge < -0.3 is 34.0 Å². The van der Waals surface area contributed by atoms with Gasteiger partial charge in [-0.1, -0.05) is 0 Å². The number of nitrogens with two attached hydrogens (primary N) is 1. The molecule has 0 unspecified atom stereocenters. The lowest BCUT2D eigenvalue weighted by atomic mass is 9.83. The molecule has 2 aliphatic rings. The summed E-state index contributed by atoms with van der Waals surface area (Å²) in [6, 6.07) is 7.34. The van der Waals surface area contributed by atoms with Crippen LogP contribution < -0.4 is 30.2 Å². The van der Waals surface area contributed by atoms with Gasteiger partial charge in [0.15, 0.2) is 11.5 Å². The Balaban J connectivity index is 1.94. The lowest BCUT2D eigenvalue weighted by Crippen LogP contribution is -2.35. The Bertz CT molecular complexity index is 1180. The standard InChI is InChI=1S/C24H27N3O6/c1-13-8-17-21(24(28)27(13)12-15-6-5-7-32-15)20(16(11-25)23(26)33-17)14-9-18(29-2)22(31-4)19(10-14)30-3/h8-10,15,20H,5-7,12,26H2,1-4H3/t15-,20-/m0/s1. The van der Waals surface area contributed by atoms with Crippen LogP contribution in [0.25, 0.3) is 0 Å². The van der Waals surface area contributed by atoms with Crippen LogP contribution in [-0.4, -0.2) is 38.6 Å². The van der Waals surface area contributed by atoms with E-state index in [1.165, 1.54) is 21.3 Å². The van der Waals surface area contributed by atoms with Crippen molar-refractivity contribution in [2.24, 2.45) is 5.73 Å². The minimum atomic E-state index is -0.767. The quantitative estimate of drug-likeness (QED) is 0.709. The minimum Gasteiger partial charge on any atom is -0.493 e. The highest BCUT2D eigenvalue weighted by atomic mass is 16.5. The third kappa shape index (κ3) is 3.87. The molecule has 0 saturated carbocycles. The molecular weight excluding hydrogens is 426 g/mol. The molecule has 1 aromatic heterocycles. The van der Waals surface area contributed by atoms with Gasteiger partial charge in [0.25, 0.3) is 5.56 Å². The van der Waals surface area contributed by atoms with E-state index >= 15 is 0 Å². The highest BCUT2D eigenvalue weighted by Gasteiger charge is 2.36. The molecule has 0 amide bonds. The first-order chi connectivity index (χ1) is 15.9. The van der Waals surface area contributed by atoms with Gasteiger partial charge in [-0.25, -0.2) is 0 Å². The zero-order valence-electron chi connectivity index (χ0n) is 19.1. The smallest absolute Gasteiger partial charge is 0.258 e. The third-order valence-corrected chi connectivity index (χ3v) is 6.12. The van der Waals surface area contributed by atoms with Crippen LogP contribution in [0.5, 0.6) is 23.0 Å². The zero-order valence-corrected chi connectivity index (χ0v) is 19.1. The average Bonchev–Trinajstić information content (AvgIpc) is 3.33. The van der Waals surface area contributed by atoms with E-state index < -0.39 is 5.92 Å². The summed E-state index contributed by atoms with van der Waals surface area (Å²) >= 11 is 0. The lowest BCUT2D eigenvalue weighted by Gasteiger charge is -2.28. The molecule has 2 aliphatic heterocycles. The predicted octanol–water partition coefficient (Wildman–Crippen LogP) is 2.58. The van der Waals surface area contributed by atoms with Crippen molar-refractivity contribution in [1.82, 2.24) is 4.57 Å². The number of aryl methyl sites for hydroxylation is 1. The predicted molar refractivity (Wildman–Crippen MR) is 120 cm³/mol. The molecule has 9 heteroatoms. The first kappa shape index (κ1) is 22.6. The van der Waals surface area contributed by atoms with E-state index in [-0.39, 0.29) is 23.1 Å².